The monoisotopic (exact) mass is 215 g/mol. The van der Waals surface area contributed by atoms with Crippen LogP contribution in [0.4, 0.5) is 0 Å². The van der Waals surface area contributed by atoms with Gasteiger partial charge in [-0.3, -0.25) is 4.79 Å². The van der Waals surface area contributed by atoms with Crippen LogP contribution in [0.5, 0.6) is 0 Å². The molecule has 4 nitrogen and oxygen atoms in total. The van der Waals surface area contributed by atoms with E-state index in [1.807, 2.05) is 35.0 Å². The molecule has 0 spiro atoms. The summed E-state index contributed by atoms with van der Waals surface area (Å²) in [6.45, 7) is 1.51. The summed E-state index contributed by atoms with van der Waals surface area (Å²) < 4.78 is 1.96. The zero-order chi connectivity index (χ0) is 11.0. The number of piperidine rings is 1. The molecule has 4 heteroatoms. The number of imidazole rings is 1. The molecule has 1 unspecified atom stereocenters. The van der Waals surface area contributed by atoms with Crippen LogP contribution < -0.4 is 5.32 Å². The Bertz CT molecular complexity index is 499. The normalized spacial score (nSPS) is 21.5. The molecule has 0 amide bonds. The fourth-order valence-corrected chi connectivity index (χ4v) is 2.14. The SMILES string of the molecule is O=C1CCNCC1c1cn2ccccc2n1. The van der Waals surface area contributed by atoms with Crippen LogP contribution in [0.2, 0.25) is 0 Å². The molecule has 82 valence electrons. The fourth-order valence-electron chi connectivity index (χ4n) is 2.14. The first-order valence-electron chi connectivity index (χ1n) is 5.51. The van der Waals surface area contributed by atoms with Crippen LogP contribution in [0.1, 0.15) is 18.0 Å². The first-order valence-corrected chi connectivity index (χ1v) is 5.51. The highest BCUT2D eigenvalue weighted by molar-refractivity contribution is 5.86. The van der Waals surface area contributed by atoms with Crippen LogP contribution in [-0.4, -0.2) is 28.3 Å². The van der Waals surface area contributed by atoms with Crippen molar-refractivity contribution in [2.45, 2.75) is 12.3 Å². The molecular weight excluding hydrogens is 202 g/mol. The molecule has 0 radical (unpaired) electrons. The van der Waals surface area contributed by atoms with Crippen LogP contribution >= 0.6 is 0 Å². The fraction of sp³-hybridized carbons (Fsp3) is 0.333. The molecule has 16 heavy (non-hydrogen) atoms. The summed E-state index contributed by atoms with van der Waals surface area (Å²) in [6.07, 6.45) is 4.51. The van der Waals surface area contributed by atoms with Crippen molar-refractivity contribution in [3.05, 3.63) is 36.3 Å². The Hall–Kier alpha value is -1.68. The van der Waals surface area contributed by atoms with Gasteiger partial charge in [-0.2, -0.15) is 0 Å². The number of nitrogens with one attached hydrogen (secondary N) is 1. The maximum atomic E-state index is 11.8. The van der Waals surface area contributed by atoms with Gasteiger partial charge in [0, 0.05) is 31.9 Å². The molecule has 0 bridgehead atoms. The number of hydrogen-bond acceptors (Lipinski definition) is 3. The van der Waals surface area contributed by atoms with Gasteiger partial charge < -0.3 is 9.72 Å². The molecule has 1 N–H and O–H groups in total. The average molecular weight is 215 g/mol. The summed E-state index contributed by atoms with van der Waals surface area (Å²) in [4.78, 5) is 16.3. The lowest BCUT2D eigenvalue weighted by Crippen LogP contribution is -2.35. The smallest absolute Gasteiger partial charge is 0.144 e. The van der Waals surface area contributed by atoms with Gasteiger partial charge in [-0.25, -0.2) is 4.98 Å². The lowest BCUT2D eigenvalue weighted by molar-refractivity contribution is -0.121. The van der Waals surface area contributed by atoms with E-state index in [9.17, 15) is 4.79 Å². The molecule has 3 rings (SSSR count). The van der Waals surface area contributed by atoms with Crippen LogP contribution in [0.3, 0.4) is 0 Å². The van der Waals surface area contributed by atoms with Gasteiger partial charge >= 0.3 is 0 Å². The highest BCUT2D eigenvalue weighted by atomic mass is 16.1. The van der Waals surface area contributed by atoms with Gasteiger partial charge in [0.05, 0.1) is 11.6 Å². The molecule has 1 aliphatic heterocycles. The van der Waals surface area contributed by atoms with Gasteiger partial charge in [0.1, 0.15) is 11.4 Å². The minimum Gasteiger partial charge on any atom is -0.315 e. The van der Waals surface area contributed by atoms with Gasteiger partial charge in [-0.1, -0.05) is 6.07 Å². The first-order chi connectivity index (χ1) is 7.84. The number of ketones is 1. The Balaban J connectivity index is 2.01. The van der Waals surface area contributed by atoms with E-state index < -0.39 is 0 Å². The van der Waals surface area contributed by atoms with E-state index in [1.54, 1.807) is 0 Å². The van der Waals surface area contributed by atoms with Crippen molar-refractivity contribution in [1.82, 2.24) is 14.7 Å². The van der Waals surface area contributed by atoms with Crippen molar-refractivity contribution in [3.8, 4) is 0 Å². The molecule has 0 aromatic carbocycles. The minimum atomic E-state index is -0.0753. The zero-order valence-corrected chi connectivity index (χ0v) is 8.89. The maximum Gasteiger partial charge on any atom is 0.144 e. The molecule has 1 saturated heterocycles. The number of carbonyl (C=O) groups is 1. The Kier molecular flexibility index (Phi) is 2.22. The zero-order valence-electron chi connectivity index (χ0n) is 8.89. The number of hydrogen-bond donors (Lipinski definition) is 1. The minimum absolute atomic E-state index is 0.0753. The molecule has 1 fully saturated rings. The largest absolute Gasteiger partial charge is 0.315 e. The van der Waals surface area contributed by atoms with E-state index in [2.05, 4.69) is 10.3 Å². The highest BCUT2D eigenvalue weighted by Crippen LogP contribution is 2.19. The van der Waals surface area contributed by atoms with Crippen molar-refractivity contribution >= 4 is 11.4 Å². The Morgan fingerprint density at radius 3 is 3.19 bits per heavy atom. The molecule has 1 atom stereocenters. The van der Waals surface area contributed by atoms with Crippen LogP contribution in [0.25, 0.3) is 5.65 Å². The number of nitrogens with zero attached hydrogens (tertiary/aromatic N) is 2. The standard InChI is InChI=1S/C12H13N3O/c16-11-4-5-13-7-9(11)10-8-15-6-2-1-3-12(15)14-10/h1-3,6,8-9,13H,4-5,7H2. The molecule has 3 heterocycles. The molecular formula is C12H13N3O. The number of Topliss-reactive ketones (excluding diaryl/α,β-unsaturated/α-hetero) is 1. The first kappa shape index (κ1) is 9.54. The van der Waals surface area contributed by atoms with Crippen LogP contribution in [0, 0.1) is 0 Å². The summed E-state index contributed by atoms with van der Waals surface area (Å²) >= 11 is 0. The van der Waals surface area contributed by atoms with Crippen molar-refractivity contribution in [2.24, 2.45) is 0 Å². The molecule has 2 aromatic heterocycles. The third-order valence-electron chi connectivity index (χ3n) is 3.02. The summed E-state index contributed by atoms with van der Waals surface area (Å²) in [5.74, 6) is 0.218. The van der Waals surface area contributed by atoms with E-state index >= 15 is 0 Å². The molecule has 0 saturated carbocycles. The summed E-state index contributed by atoms with van der Waals surface area (Å²) in [5.41, 5.74) is 1.78. The maximum absolute atomic E-state index is 11.8. The summed E-state index contributed by atoms with van der Waals surface area (Å²) in [6, 6.07) is 5.86. The lowest BCUT2D eigenvalue weighted by Gasteiger charge is -2.19. The lowest BCUT2D eigenvalue weighted by atomic mass is 9.95. The second kappa shape index (κ2) is 3.72. The number of carbonyl (C=O) groups excluding carboxylic acids is 1. The Morgan fingerprint density at radius 2 is 2.38 bits per heavy atom. The van der Waals surface area contributed by atoms with E-state index in [1.165, 1.54) is 0 Å². The van der Waals surface area contributed by atoms with Gasteiger partial charge in [0.2, 0.25) is 0 Å². The van der Waals surface area contributed by atoms with E-state index in [0.29, 0.717) is 18.7 Å². The quantitative estimate of drug-likeness (QED) is 0.771. The van der Waals surface area contributed by atoms with Gasteiger partial charge in [0.15, 0.2) is 0 Å². The van der Waals surface area contributed by atoms with Crippen molar-refractivity contribution < 1.29 is 4.79 Å². The molecule has 1 aliphatic rings. The van der Waals surface area contributed by atoms with Gasteiger partial charge in [-0.05, 0) is 12.1 Å². The second-order valence-electron chi connectivity index (χ2n) is 4.10. The highest BCUT2D eigenvalue weighted by Gasteiger charge is 2.25. The van der Waals surface area contributed by atoms with Crippen molar-refractivity contribution in [2.75, 3.05) is 13.1 Å². The van der Waals surface area contributed by atoms with Crippen LogP contribution in [0.15, 0.2) is 30.6 Å². The number of rotatable bonds is 1. The summed E-state index contributed by atoms with van der Waals surface area (Å²) in [5, 5.41) is 3.24. The molecule has 2 aromatic rings. The number of fused-ring (bicyclic) bond motifs is 1. The van der Waals surface area contributed by atoms with Crippen molar-refractivity contribution in [1.29, 1.82) is 0 Å². The van der Waals surface area contributed by atoms with Crippen LogP contribution in [-0.2, 0) is 4.79 Å². The Morgan fingerprint density at radius 1 is 1.44 bits per heavy atom. The van der Waals surface area contributed by atoms with Gasteiger partial charge in [0.25, 0.3) is 0 Å². The van der Waals surface area contributed by atoms with E-state index in [4.69, 9.17) is 0 Å². The number of aromatic nitrogens is 2. The Labute approximate surface area is 93.3 Å². The second-order valence-corrected chi connectivity index (χ2v) is 4.10. The third-order valence-corrected chi connectivity index (χ3v) is 3.02. The topological polar surface area (TPSA) is 46.4 Å². The number of pyridine rings is 1. The predicted molar refractivity (Wildman–Crippen MR) is 60.4 cm³/mol. The predicted octanol–water partition coefficient (Wildman–Crippen LogP) is 0.980. The van der Waals surface area contributed by atoms with Gasteiger partial charge in [-0.15, -0.1) is 0 Å². The van der Waals surface area contributed by atoms with Crippen molar-refractivity contribution in [3.63, 3.8) is 0 Å². The average Bonchev–Trinajstić information content (AvgIpc) is 2.73. The third kappa shape index (κ3) is 1.51. The summed E-state index contributed by atoms with van der Waals surface area (Å²) in [7, 11) is 0. The molecule has 0 aliphatic carbocycles. The van der Waals surface area contributed by atoms with E-state index in [0.717, 1.165) is 17.9 Å². The van der Waals surface area contributed by atoms with E-state index in [-0.39, 0.29) is 5.92 Å².